The van der Waals surface area contributed by atoms with Crippen molar-refractivity contribution in [1.29, 1.82) is 0 Å². The molecule has 102 valence electrons. The first-order chi connectivity index (χ1) is 9.04. The van der Waals surface area contributed by atoms with Crippen LogP contribution in [0.1, 0.15) is 30.1 Å². The molecule has 19 heavy (non-hydrogen) atoms. The summed E-state index contributed by atoms with van der Waals surface area (Å²) in [6.07, 6.45) is 0.590. The fourth-order valence-corrected chi connectivity index (χ4v) is 2.20. The number of aliphatic hydroxyl groups excluding tert-OH is 1. The molecule has 0 aliphatic carbocycles. The van der Waals surface area contributed by atoms with Gasteiger partial charge in [-0.1, -0.05) is 11.6 Å². The van der Waals surface area contributed by atoms with E-state index < -0.39 is 11.9 Å². The lowest BCUT2D eigenvalue weighted by Gasteiger charge is -2.12. The molecule has 2 rings (SSSR count). The molecule has 0 aromatic carbocycles. The molecule has 1 unspecified atom stereocenters. The van der Waals surface area contributed by atoms with Crippen molar-refractivity contribution in [2.24, 2.45) is 0 Å². The molecule has 0 fully saturated rings. The standard InChI is InChI=1S/C13H15ClFN3O/c1-3-18-10(12(14)8(2)17-18)7-11(19)13-9(15)5-4-6-16-13/h4-6,11,19H,3,7H2,1-2H3. The molecule has 0 spiro atoms. The van der Waals surface area contributed by atoms with E-state index in [1.807, 2.05) is 6.92 Å². The Labute approximate surface area is 115 Å². The van der Waals surface area contributed by atoms with Gasteiger partial charge in [0.2, 0.25) is 0 Å². The molecule has 2 heterocycles. The Morgan fingerprint density at radius 1 is 1.53 bits per heavy atom. The van der Waals surface area contributed by atoms with Gasteiger partial charge in [0.15, 0.2) is 0 Å². The largest absolute Gasteiger partial charge is 0.386 e. The third kappa shape index (κ3) is 2.77. The molecule has 0 saturated heterocycles. The maximum Gasteiger partial charge on any atom is 0.147 e. The van der Waals surface area contributed by atoms with Crippen molar-refractivity contribution in [2.75, 3.05) is 0 Å². The number of halogens is 2. The molecule has 0 bridgehead atoms. The van der Waals surface area contributed by atoms with Crippen molar-refractivity contribution < 1.29 is 9.50 Å². The van der Waals surface area contributed by atoms with Gasteiger partial charge in [-0.3, -0.25) is 9.67 Å². The fourth-order valence-electron chi connectivity index (χ4n) is 1.99. The smallest absolute Gasteiger partial charge is 0.147 e. The number of nitrogens with zero attached hydrogens (tertiary/aromatic N) is 3. The zero-order valence-electron chi connectivity index (χ0n) is 10.8. The first-order valence-electron chi connectivity index (χ1n) is 6.04. The third-order valence-electron chi connectivity index (χ3n) is 2.94. The highest BCUT2D eigenvalue weighted by Crippen LogP contribution is 2.26. The van der Waals surface area contributed by atoms with Gasteiger partial charge in [-0.05, 0) is 26.0 Å². The minimum absolute atomic E-state index is 0.0278. The Kier molecular flexibility index (Phi) is 4.17. The van der Waals surface area contributed by atoms with Crippen LogP contribution in [0.15, 0.2) is 18.3 Å². The van der Waals surface area contributed by atoms with Crippen LogP contribution < -0.4 is 0 Å². The minimum atomic E-state index is -1.04. The van der Waals surface area contributed by atoms with Gasteiger partial charge in [-0.15, -0.1) is 0 Å². The predicted molar refractivity (Wildman–Crippen MR) is 70.5 cm³/mol. The molecular formula is C13H15ClFN3O. The molecule has 1 atom stereocenters. The van der Waals surface area contributed by atoms with Crippen LogP contribution in [-0.2, 0) is 13.0 Å². The first kappa shape index (κ1) is 14.0. The SMILES string of the molecule is CCn1nc(C)c(Cl)c1CC(O)c1ncccc1F. The van der Waals surface area contributed by atoms with Crippen LogP contribution in [0.4, 0.5) is 4.39 Å². The quantitative estimate of drug-likeness (QED) is 0.938. The van der Waals surface area contributed by atoms with E-state index in [1.165, 1.54) is 18.3 Å². The number of rotatable bonds is 4. The summed E-state index contributed by atoms with van der Waals surface area (Å²) in [4.78, 5) is 3.87. The molecular weight excluding hydrogens is 269 g/mol. The summed E-state index contributed by atoms with van der Waals surface area (Å²) in [5.41, 5.74) is 1.42. The van der Waals surface area contributed by atoms with E-state index in [2.05, 4.69) is 10.1 Å². The first-order valence-corrected chi connectivity index (χ1v) is 6.42. The number of pyridine rings is 1. The van der Waals surface area contributed by atoms with Crippen LogP contribution in [0.25, 0.3) is 0 Å². The van der Waals surface area contributed by atoms with Crippen molar-refractivity contribution in [3.8, 4) is 0 Å². The maximum atomic E-state index is 13.6. The summed E-state index contributed by atoms with van der Waals surface area (Å²) in [6.45, 7) is 4.37. The topological polar surface area (TPSA) is 50.9 Å². The normalized spacial score (nSPS) is 12.7. The number of hydrogen-bond acceptors (Lipinski definition) is 3. The molecule has 0 radical (unpaired) electrons. The molecule has 0 aliphatic rings. The fraction of sp³-hybridized carbons (Fsp3) is 0.385. The van der Waals surface area contributed by atoms with Gasteiger partial charge >= 0.3 is 0 Å². The zero-order chi connectivity index (χ0) is 14.0. The number of hydrogen-bond donors (Lipinski definition) is 1. The van der Waals surface area contributed by atoms with Crippen LogP contribution in [-0.4, -0.2) is 19.9 Å². The Morgan fingerprint density at radius 3 is 2.89 bits per heavy atom. The monoisotopic (exact) mass is 283 g/mol. The Balaban J connectivity index is 2.29. The number of aliphatic hydroxyl groups is 1. The highest BCUT2D eigenvalue weighted by atomic mass is 35.5. The molecule has 4 nitrogen and oxygen atoms in total. The van der Waals surface area contributed by atoms with Crippen LogP contribution in [0.5, 0.6) is 0 Å². The summed E-state index contributed by atoms with van der Waals surface area (Å²) in [5.74, 6) is -0.523. The molecule has 2 aromatic heterocycles. The second kappa shape index (κ2) is 5.67. The molecule has 0 saturated carbocycles. The molecule has 1 N–H and O–H groups in total. The van der Waals surface area contributed by atoms with E-state index in [0.29, 0.717) is 23.0 Å². The van der Waals surface area contributed by atoms with E-state index in [4.69, 9.17) is 11.6 Å². The van der Waals surface area contributed by atoms with Crippen molar-refractivity contribution in [1.82, 2.24) is 14.8 Å². The van der Waals surface area contributed by atoms with E-state index >= 15 is 0 Å². The van der Waals surface area contributed by atoms with Gasteiger partial charge in [0.1, 0.15) is 17.6 Å². The highest BCUT2D eigenvalue weighted by Gasteiger charge is 2.20. The van der Waals surface area contributed by atoms with Crippen molar-refractivity contribution in [3.05, 3.63) is 46.3 Å². The van der Waals surface area contributed by atoms with Crippen LogP contribution in [0.2, 0.25) is 5.02 Å². The van der Waals surface area contributed by atoms with Gasteiger partial charge in [0.25, 0.3) is 0 Å². The second-order valence-electron chi connectivity index (χ2n) is 4.25. The minimum Gasteiger partial charge on any atom is -0.386 e. The van der Waals surface area contributed by atoms with Gasteiger partial charge in [-0.25, -0.2) is 4.39 Å². The summed E-state index contributed by atoms with van der Waals surface area (Å²) >= 11 is 6.16. The van der Waals surface area contributed by atoms with E-state index in [9.17, 15) is 9.50 Å². The van der Waals surface area contributed by atoms with Crippen molar-refractivity contribution in [3.63, 3.8) is 0 Å². The highest BCUT2D eigenvalue weighted by molar-refractivity contribution is 6.31. The van der Waals surface area contributed by atoms with Crippen LogP contribution in [0.3, 0.4) is 0 Å². The lowest BCUT2D eigenvalue weighted by Crippen LogP contribution is -2.11. The molecule has 0 amide bonds. The van der Waals surface area contributed by atoms with Gasteiger partial charge in [0.05, 0.1) is 16.4 Å². The Hall–Kier alpha value is -1.46. The van der Waals surface area contributed by atoms with Gasteiger partial charge in [-0.2, -0.15) is 5.10 Å². The lowest BCUT2D eigenvalue weighted by molar-refractivity contribution is 0.165. The summed E-state index contributed by atoms with van der Waals surface area (Å²) in [5, 5.41) is 14.9. The summed E-state index contributed by atoms with van der Waals surface area (Å²) in [6, 6.07) is 2.76. The van der Waals surface area contributed by atoms with Crippen molar-refractivity contribution >= 4 is 11.6 Å². The van der Waals surface area contributed by atoms with E-state index in [1.54, 1.807) is 11.6 Å². The maximum absolute atomic E-state index is 13.6. The summed E-state index contributed by atoms with van der Waals surface area (Å²) < 4.78 is 15.3. The Bertz CT molecular complexity index is 585. The van der Waals surface area contributed by atoms with Crippen LogP contribution in [0, 0.1) is 12.7 Å². The zero-order valence-corrected chi connectivity index (χ0v) is 11.5. The second-order valence-corrected chi connectivity index (χ2v) is 4.63. The third-order valence-corrected chi connectivity index (χ3v) is 3.43. The summed E-state index contributed by atoms with van der Waals surface area (Å²) in [7, 11) is 0. The lowest BCUT2D eigenvalue weighted by atomic mass is 10.1. The van der Waals surface area contributed by atoms with Crippen molar-refractivity contribution in [2.45, 2.75) is 32.9 Å². The molecule has 6 heteroatoms. The van der Waals surface area contributed by atoms with Crippen LogP contribution >= 0.6 is 11.6 Å². The predicted octanol–water partition coefficient (Wildman–Crippen LogP) is 2.68. The average Bonchev–Trinajstić information content (AvgIpc) is 2.67. The average molecular weight is 284 g/mol. The van der Waals surface area contributed by atoms with Gasteiger partial charge in [0, 0.05) is 19.2 Å². The number of aromatic nitrogens is 3. The molecule has 0 aliphatic heterocycles. The van der Waals surface area contributed by atoms with E-state index in [0.717, 1.165) is 0 Å². The molecule has 2 aromatic rings. The number of aryl methyl sites for hydroxylation is 2. The van der Waals surface area contributed by atoms with Gasteiger partial charge < -0.3 is 5.11 Å². The van der Waals surface area contributed by atoms with E-state index in [-0.39, 0.29) is 12.1 Å². The Morgan fingerprint density at radius 2 is 2.26 bits per heavy atom.